The van der Waals surface area contributed by atoms with Crippen LogP contribution in [0, 0.1) is 5.92 Å². The number of likely N-dealkylation sites (N-methyl/N-ethyl adjacent to an activating group) is 1. The lowest BCUT2D eigenvalue weighted by molar-refractivity contribution is -0.127. The van der Waals surface area contributed by atoms with E-state index in [4.69, 9.17) is 4.99 Å². The molecular formula is C23H34N6O. The molecule has 7 nitrogen and oxygen atoms in total. The Hall–Kier alpha value is -2.83. The number of rotatable bonds is 6. The second-order valence-electron chi connectivity index (χ2n) is 8.36. The number of benzene rings is 1. The monoisotopic (exact) mass is 410 g/mol. The van der Waals surface area contributed by atoms with Gasteiger partial charge in [-0.15, -0.1) is 0 Å². The molecule has 1 aromatic heterocycles. The molecule has 2 unspecified atom stereocenters. The van der Waals surface area contributed by atoms with Crippen LogP contribution in [0.15, 0.2) is 41.5 Å². The minimum absolute atomic E-state index is 0.0209. The third-order valence-electron chi connectivity index (χ3n) is 5.70. The van der Waals surface area contributed by atoms with E-state index in [0.29, 0.717) is 24.5 Å². The first-order chi connectivity index (χ1) is 14.4. The summed E-state index contributed by atoms with van der Waals surface area (Å²) in [6.07, 6.45) is 6.88. The van der Waals surface area contributed by atoms with E-state index in [1.807, 2.05) is 36.1 Å². The van der Waals surface area contributed by atoms with Crippen LogP contribution in [-0.4, -0.2) is 53.2 Å². The average Bonchev–Trinajstić information content (AvgIpc) is 3.12. The molecular weight excluding hydrogens is 376 g/mol. The maximum absolute atomic E-state index is 12.1. The van der Waals surface area contributed by atoms with Crippen molar-refractivity contribution in [1.29, 1.82) is 0 Å². The van der Waals surface area contributed by atoms with E-state index in [1.165, 1.54) is 19.3 Å². The predicted molar refractivity (Wildman–Crippen MR) is 121 cm³/mol. The number of aliphatic imine (C=N–C) groups is 1. The number of guanidine groups is 1. The number of hydrogen-bond acceptors (Lipinski definition) is 3. The first-order valence-electron chi connectivity index (χ1n) is 10.8. The lowest BCUT2D eigenvalue weighted by atomic mass is 9.86. The Kier molecular flexibility index (Phi) is 7.49. The van der Waals surface area contributed by atoms with Crippen molar-refractivity contribution < 1.29 is 4.79 Å². The maximum Gasteiger partial charge on any atom is 0.241 e. The molecule has 162 valence electrons. The molecule has 1 fully saturated rings. The SMILES string of the molecule is CC1CCCCC1NC(=NCc1cn(C)nc1-c1ccccc1)NCC(=O)N(C)C. The highest BCUT2D eigenvalue weighted by molar-refractivity contribution is 5.86. The molecule has 1 amide bonds. The zero-order valence-corrected chi connectivity index (χ0v) is 18.6. The first kappa shape index (κ1) is 21.9. The molecule has 1 aliphatic rings. The van der Waals surface area contributed by atoms with Crippen LogP contribution in [0.2, 0.25) is 0 Å². The van der Waals surface area contributed by atoms with Crippen LogP contribution in [0.25, 0.3) is 11.3 Å². The van der Waals surface area contributed by atoms with Gasteiger partial charge in [0.15, 0.2) is 5.96 Å². The van der Waals surface area contributed by atoms with E-state index < -0.39 is 0 Å². The van der Waals surface area contributed by atoms with Crippen LogP contribution in [-0.2, 0) is 18.4 Å². The van der Waals surface area contributed by atoms with Gasteiger partial charge in [-0.1, -0.05) is 50.1 Å². The van der Waals surface area contributed by atoms with Gasteiger partial charge in [0.25, 0.3) is 0 Å². The first-order valence-corrected chi connectivity index (χ1v) is 10.8. The van der Waals surface area contributed by atoms with Crippen LogP contribution in [0.3, 0.4) is 0 Å². The standard InChI is InChI=1S/C23H34N6O/c1-17-10-8-9-13-20(17)26-23(25-15-21(30)28(2)3)24-14-19-16-29(4)27-22(19)18-11-6-5-7-12-18/h5-7,11-12,16-17,20H,8-10,13-15H2,1-4H3,(H2,24,25,26). The molecule has 2 aromatic rings. The number of carbonyl (C=O) groups is 1. The van der Waals surface area contributed by atoms with Gasteiger partial charge in [-0.2, -0.15) is 5.10 Å². The molecule has 0 aliphatic heterocycles. The van der Waals surface area contributed by atoms with Crippen molar-refractivity contribution in [2.24, 2.45) is 18.0 Å². The number of carbonyl (C=O) groups excluding carboxylic acids is 1. The highest BCUT2D eigenvalue weighted by Gasteiger charge is 2.22. The van der Waals surface area contributed by atoms with Crippen molar-refractivity contribution in [1.82, 2.24) is 25.3 Å². The summed E-state index contributed by atoms with van der Waals surface area (Å²) in [7, 11) is 5.45. The average molecular weight is 411 g/mol. The highest BCUT2D eigenvalue weighted by Crippen LogP contribution is 2.24. The Labute approximate surface area is 179 Å². The van der Waals surface area contributed by atoms with E-state index in [1.54, 1.807) is 19.0 Å². The van der Waals surface area contributed by atoms with Crippen molar-refractivity contribution in [2.75, 3.05) is 20.6 Å². The number of aryl methyl sites for hydroxylation is 1. The van der Waals surface area contributed by atoms with Crippen molar-refractivity contribution in [3.63, 3.8) is 0 Å². The molecule has 0 radical (unpaired) electrons. The van der Waals surface area contributed by atoms with E-state index in [9.17, 15) is 4.79 Å². The number of nitrogens with zero attached hydrogens (tertiary/aromatic N) is 4. The third kappa shape index (κ3) is 5.84. The van der Waals surface area contributed by atoms with E-state index >= 15 is 0 Å². The van der Waals surface area contributed by atoms with E-state index in [0.717, 1.165) is 23.2 Å². The molecule has 0 bridgehead atoms. The Morgan fingerprint density at radius 2 is 1.97 bits per heavy atom. The van der Waals surface area contributed by atoms with Crippen LogP contribution < -0.4 is 10.6 Å². The predicted octanol–water partition coefficient (Wildman–Crippen LogP) is 2.79. The molecule has 7 heteroatoms. The van der Waals surface area contributed by atoms with Gasteiger partial charge in [-0.25, -0.2) is 4.99 Å². The fraction of sp³-hybridized carbons (Fsp3) is 0.522. The summed E-state index contributed by atoms with van der Waals surface area (Å²) < 4.78 is 1.83. The van der Waals surface area contributed by atoms with Gasteiger partial charge in [-0.05, 0) is 18.8 Å². The number of amides is 1. The van der Waals surface area contributed by atoms with Gasteiger partial charge in [0.05, 0.1) is 18.8 Å². The summed E-state index contributed by atoms with van der Waals surface area (Å²) in [6.45, 7) is 3.00. The van der Waals surface area contributed by atoms with E-state index in [-0.39, 0.29) is 12.5 Å². The lowest BCUT2D eigenvalue weighted by Crippen LogP contribution is -2.49. The molecule has 0 spiro atoms. The van der Waals surface area contributed by atoms with Gasteiger partial charge < -0.3 is 15.5 Å². The lowest BCUT2D eigenvalue weighted by Gasteiger charge is -2.31. The summed E-state index contributed by atoms with van der Waals surface area (Å²) in [5.74, 6) is 1.30. The molecule has 30 heavy (non-hydrogen) atoms. The topological polar surface area (TPSA) is 74.5 Å². The minimum Gasteiger partial charge on any atom is -0.353 e. The summed E-state index contributed by atoms with van der Waals surface area (Å²) in [5, 5.41) is 11.4. The van der Waals surface area contributed by atoms with Crippen molar-refractivity contribution in [3.8, 4) is 11.3 Å². The van der Waals surface area contributed by atoms with Crippen molar-refractivity contribution >= 4 is 11.9 Å². The van der Waals surface area contributed by atoms with Crippen LogP contribution in [0.5, 0.6) is 0 Å². The quantitative estimate of drug-likeness (QED) is 0.567. The molecule has 1 saturated carbocycles. The normalized spacial score (nSPS) is 19.4. The van der Waals surface area contributed by atoms with Crippen LogP contribution >= 0.6 is 0 Å². The number of nitrogens with one attached hydrogen (secondary N) is 2. The smallest absolute Gasteiger partial charge is 0.241 e. The summed E-state index contributed by atoms with van der Waals surface area (Å²) in [4.78, 5) is 18.5. The Bertz CT molecular complexity index is 858. The van der Waals surface area contributed by atoms with E-state index in [2.05, 4.69) is 34.8 Å². The number of hydrogen-bond donors (Lipinski definition) is 2. The summed E-state index contributed by atoms with van der Waals surface area (Å²) in [6, 6.07) is 10.5. The largest absolute Gasteiger partial charge is 0.353 e. The maximum atomic E-state index is 12.1. The van der Waals surface area contributed by atoms with Crippen molar-refractivity contribution in [2.45, 2.75) is 45.2 Å². The highest BCUT2D eigenvalue weighted by atomic mass is 16.2. The molecule has 1 aromatic carbocycles. The molecule has 2 atom stereocenters. The fourth-order valence-corrected chi connectivity index (χ4v) is 3.83. The molecule has 1 aliphatic carbocycles. The molecule has 2 N–H and O–H groups in total. The third-order valence-corrected chi connectivity index (χ3v) is 5.70. The Morgan fingerprint density at radius 3 is 2.67 bits per heavy atom. The summed E-state index contributed by atoms with van der Waals surface area (Å²) in [5.41, 5.74) is 3.08. The summed E-state index contributed by atoms with van der Waals surface area (Å²) >= 11 is 0. The molecule has 1 heterocycles. The van der Waals surface area contributed by atoms with Gasteiger partial charge in [-0.3, -0.25) is 9.48 Å². The molecule has 3 rings (SSSR count). The zero-order valence-electron chi connectivity index (χ0n) is 18.6. The molecule has 0 saturated heterocycles. The van der Waals surface area contributed by atoms with Crippen molar-refractivity contribution in [3.05, 3.63) is 42.1 Å². The van der Waals surface area contributed by atoms with Gasteiger partial charge >= 0.3 is 0 Å². The van der Waals surface area contributed by atoms with Crippen LogP contribution in [0.4, 0.5) is 0 Å². The Morgan fingerprint density at radius 1 is 1.23 bits per heavy atom. The Balaban J connectivity index is 1.78. The van der Waals surface area contributed by atoms with Gasteiger partial charge in [0, 0.05) is 44.5 Å². The number of aromatic nitrogens is 2. The second kappa shape index (κ2) is 10.3. The second-order valence-corrected chi connectivity index (χ2v) is 8.36. The fourth-order valence-electron chi connectivity index (χ4n) is 3.83. The minimum atomic E-state index is 0.0209. The van der Waals surface area contributed by atoms with Gasteiger partial charge in [0.1, 0.15) is 0 Å². The van der Waals surface area contributed by atoms with Gasteiger partial charge in [0.2, 0.25) is 5.91 Å². The zero-order chi connectivity index (χ0) is 21.5. The van der Waals surface area contributed by atoms with Crippen LogP contribution in [0.1, 0.15) is 38.2 Å².